The molecule has 4 aliphatic carbocycles. The number of carbonyl (C=O) groups excluding carboxylic acids is 1. The van der Waals surface area contributed by atoms with Crippen molar-refractivity contribution >= 4 is 5.97 Å². The summed E-state index contributed by atoms with van der Waals surface area (Å²) in [6.07, 6.45) is 15.5. The molecular weight excluding hydrogens is 460 g/mol. The van der Waals surface area contributed by atoms with Gasteiger partial charge in [-0.05, 0) is 130 Å². The normalized spacial score (nSPS) is 44.9. The van der Waals surface area contributed by atoms with Gasteiger partial charge in [-0.15, -0.1) is 0 Å². The van der Waals surface area contributed by atoms with E-state index in [0.29, 0.717) is 47.0 Å². The van der Waals surface area contributed by atoms with Crippen molar-refractivity contribution in [2.75, 3.05) is 33.3 Å². The Labute approximate surface area is 226 Å². The molecule has 5 fully saturated rings. The Bertz CT molecular complexity index is 784. The molecule has 212 valence electrons. The van der Waals surface area contributed by atoms with Crippen LogP contribution in [0.4, 0.5) is 0 Å². The van der Waals surface area contributed by atoms with Gasteiger partial charge in [0.25, 0.3) is 0 Å². The minimum absolute atomic E-state index is 0.0683. The average molecular weight is 517 g/mol. The van der Waals surface area contributed by atoms with Crippen LogP contribution in [0, 0.1) is 46.3 Å². The highest BCUT2D eigenvalue weighted by atomic mass is 16.5. The summed E-state index contributed by atoms with van der Waals surface area (Å²) in [6.45, 7) is 12.4. The van der Waals surface area contributed by atoms with E-state index in [1.54, 1.807) is 0 Å². The molecule has 1 heterocycles. The maximum Gasteiger partial charge on any atom is 0.305 e. The third kappa shape index (κ3) is 5.40. The molecule has 10 atom stereocenters. The minimum Gasteiger partial charge on any atom is -0.469 e. The van der Waals surface area contributed by atoms with Gasteiger partial charge in [-0.3, -0.25) is 4.79 Å². The maximum atomic E-state index is 11.8. The van der Waals surface area contributed by atoms with E-state index in [0.717, 1.165) is 37.6 Å². The van der Waals surface area contributed by atoms with E-state index >= 15 is 0 Å². The molecular formula is C32H56N2O3. The minimum atomic E-state index is -0.143. The second-order valence-corrected chi connectivity index (χ2v) is 14.4. The van der Waals surface area contributed by atoms with Crippen LogP contribution in [0.3, 0.4) is 0 Å². The van der Waals surface area contributed by atoms with E-state index in [-0.39, 0.29) is 12.1 Å². The molecule has 4 saturated carbocycles. The van der Waals surface area contributed by atoms with Gasteiger partial charge in [-0.1, -0.05) is 27.2 Å². The summed E-state index contributed by atoms with van der Waals surface area (Å²) < 4.78 is 4.92. The summed E-state index contributed by atoms with van der Waals surface area (Å²) in [5, 5.41) is 15.5. The van der Waals surface area contributed by atoms with E-state index in [9.17, 15) is 9.90 Å². The summed E-state index contributed by atoms with van der Waals surface area (Å²) in [4.78, 5) is 14.4. The number of piperidine rings is 1. The van der Waals surface area contributed by atoms with Crippen molar-refractivity contribution in [1.29, 1.82) is 0 Å². The van der Waals surface area contributed by atoms with Gasteiger partial charge in [0.15, 0.2) is 0 Å². The predicted octanol–water partition coefficient (Wildman–Crippen LogP) is 5.65. The van der Waals surface area contributed by atoms with E-state index < -0.39 is 0 Å². The predicted molar refractivity (Wildman–Crippen MR) is 149 cm³/mol. The monoisotopic (exact) mass is 516 g/mol. The fourth-order valence-electron chi connectivity index (χ4n) is 10.7. The van der Waals surface area contributed by atoms with Crippen molar-refractivity contribution in [3.8, 4) is 0 Å². The third-order valence-electron chi connectivity index (χ3n) is 12.8. The lowest BCUT2D eigenvalue weighted by molar-refractivity contribution is -0.162. The quantitative estimate of drug-likeness (QED) is 0.408. The van der Waals surface area contributed by atoms with E-state index in [1.165, 1.54) is 84.5 Å². The first kappa shape index (κ1) is 27.9. The molecule has 5 aliphatic rings. The number of rotatable bonds is 8. The zero-order valence-corrected chi connectivity index (χ0v) is 24.4. The Hall–Kier alpha value is -0.650. The number of hydrogen-bond donors (Lipinski definition) is 2. The van der Waals surface area contributed by atoms with Gasteiger partial charge in [0, 0.05) is 25.6 Å². The van der Waals surface area contributed by atoms with Crippen molar-refractivity contribution in [2.24, 2.45) is 46.3 Å². The highest BCUT2D eigenvalue weighted by Gasteiger charge is 2.62. The van der Waals surface area contributed by atoms with Crippen LogP contribution in [0.15, 0.2) is 0 Å². The summed E-state index contributed by atoms with van der Waals surface area (Å²) >= 11 is 0. The Morgan fingerprint density at radius 1 is 1.00 bits per heavy atom. The molecule has 0 aromatic carbocycles. The number of hydrogen-bond acceptors (Lipinski definition) is 5. The molecule has 0 aromatic rings. The number of nitrogens with one attached hydrogen (secondary N) is 1. The number of aliphatic hydroxyl groups is 1. The molecule has 1 saturated heterocycles. The Morgan fingerprint density at radius 3 is 2.49 bits per heavy atom. The largest absolute Gasteiger partial charge is 0.469 e. The third-order valence-corrected chi connectivity index (χ3v) is 12.8. The molecule has 37 heavy (non-hydrogen) atoms. The zero-order chi connectivity index (χ0) is 26.2. The zero-order valence-electron chi connectivity index (χ0n) is 24.4. The van der Waals surface area contributed by atoms with Gasteiger partial charge >= 0.3 is 5.97 Å². The Kier molecular flexibility index (Phi) is 8.64. The van der Waals surface area contributed by atoms with Gasteiger partial charge < -0.3 is 20.1 Å². The van der Waals surface area contributed by atoms with Crippen LogP contribution >= 0.6 is 0 Å². The molecule has 0 spiro atoms. The summed E-state index contributed by atoms with van der Waals surface area (Å²) in [6, 6.07) is 0.578. The molecule has 5 rings (SSSR count). The Balaban J connectivity index is 1.20. The number of ether oxygens (including phenoxy) is 1. The fourth-order valence-corrected chi connectivity index (χ4v) is 10.7. The molecule has 5 nitrogen and oxygen atoms in total. The van der Waals surface area contributed by atoms with Crippen LogP contribution in [0.2, 0.25) is 0 Å². The van der Waals surface area contributed by atoms with Crippen LogP contribution in [-0.4, -0.2) is 61.4 Å². The number of esters is 1. The molecule has 5 unspecified atom stereocenters. The SMILES string of the molecule is COC(=O)CCC(C)[C@H]1CCC2C3C[C@H](O)[C@@H]4CC(NCCN5CCCCC5)CC[C@]4(C)C3CC[C@@]21C. The van der Waals surface area contributed by atoms with Crippen LogP contribution in [0.5, 0.6) is 0 Å². The van der Waals surface area contributed by atoms with Crippen LogP contribution < -0.4 is 5.32 Å². The molecule has 1 aliphatic heterocycles. The van der Waals surface area contributed by atoms with Gasteiger partial charge in [-0.25, -0.2) is 0 Å². The van der Waals surface area contributed by atoms with Gasteiger partial charge in [-0.2, -0.15) is 0 Å². The molecule has 5 heteroatoms. The molecule has 2 N–H and O–H groups in total. The Morgan fingerprint density at radius 2 is 1.73 bits per heavy atom. The summed E-state index contributed by atoms with van der Waals surface area (Å²) in [5.74, 6) is 3.84. The van der Waals surface area contributed by atoms with Gasteiger partial charge in [0.1, 0.15) is 0 Å². The first-order valence-electron chi connectivity index (χ1n) is 16.0. The average Bonchev–Trinajstić information content (AvgIpc) is 3.26. The molecule has 0 aromatic heterocycles. The van der Waals surface area contributed by atoms with Crippen molar-refractivity contribution in [3.63, 3.8) is 0 Å². The second-order valence-electron chi connectivity index (χ2n) is 14.4. The number of methoxy groups -OCH3 is 1. The number of aliphatic hydroxyl groups excluding tert-OH is 1. The fraction of sp³-hybridized carbons (Fsp3) is 0.969. The van der Waals surface area contributed by atoms with Crippen molar-refractivity contribution in [1.82, 2.24) is 10.2 Å². The maximum absolute atomic E-state index is 11.8. The van der Waals surface area contributed by atoms with E-state index in [4.69, 9.17) is 4.74 Å². The van der Waals surface area contributed by atoms with Crippen LogP contribution in [-0.2, 0) is 9.53 Å². The molecule has 0 bridgehead atoms. The van der Waals surface area contributed by atoms with E-state index in [2.05, 4.69) is 31.0 Å². The lowest BCUT2D eigenvalue weighted by atomic mass is 9.43. The number of likely N-dealkylation sites (tertiary alicyclic amines) is 1. The van der Waals surface area contributed by atoms with Gasteiger partial charge in [0.2, 0.25) is 0 Å². The number of fused-ring (bicyclic) bond motifs is 5. The second kappa shape index (κ2) is 11.5. The van der Waals surface area contributed by atoms with Crippen LogP contribution in [0.1, 0.15) is 104 Å². The first-order valence-corrected chi connectivity index (χ1v) is 16.0. The van der Waals surface area contributed by atoms with Crippen LogP contribution in [0.25, 0.3) is 0 Å². The first-order chi connectivity index (χ1) is 17.8. The topological polar surface area (TPSA) is 61.8 Å². The van der Waals surface area contributed by atoms with E-state index in [1.807, 2.05) is 0 Å². The van der Waals surface area contributed by atoms with Crippen molar-refractivity contribution in [3.05, 3.63) is 0 Å². The molecule has 0 radical (unpaired) electrons. The van der Waals surface area contributed by atoms with Crippen molar-refractivity contribution in [2.45, 2.75) is 116 Å². The van der Waals surface area contributed by atoms with Gasteiger partial charge in [0.05, 0.1) is 13.2 Å². The smallest absolute Gasteiger partial charge is 0.305 e. The highest BCUT2D eigenvalue weighted by Crippen LogP contribution is 2.68. The standard InChI is InChI=1S/C32H56N2O3/c1-22(8-11-30(36)37-4)25-9-10-26-24-21-29(35)28-20-23(33-16-19-34-17-6-5-7-18-34)12-14-32(28,3)27(24)13-15-31(25,26)2/h22-29,33,35H,5-21H2,1-4H3/t22?,23?,24?,25-,26?,27?,28+,29+,31-,32-/m1/s1. The molecule has 0 amide bonds. The summed E-state index contributed by atoms with van der Waals surface area (Å²) in [7, 11) is 1.50. The number of carbonyl (C=O) groups is 1. The highest BCUT2D eigenvalue weighted by molar-refractivity contribution is 5.69. The van der Waals surface area contributed by atoms with Crippen molar-refractivity contribution < 1.29 is 14.6 Å². The lowest BCUT2D eigenvalue weighted by Gasteiger charge is -2.62. The summed E-state index contributed by atoms with van der Waals surface area (Å²) in [5.41, 5.74) is 0.663. The lowest BCUT2D eigenvalue weighted by Crippen LogP contribution is -2.59. The number of nitrogens with zero attached hydrogens (tertiary/aromatic N) is 1.